The van der Waals surface area contributed by atoms with E-state index >= 15 is 0 Å². The summed E-state index contributed by atoms with van der Waals surface area (Å²) < 4.78 is 0. The Hall–Kier alpha value is -1.03. The zero-order chi connectivity index (χ0) is 6.53. The molecule has 0 spiro atoms. The lowest BCUT2D eigenvalue weighted by Gasteiger charge is -1.84. The summed E-state index contributed by atoms with van der Waals surface area (Å²) in [6.07, 6.45) is 9.21. The average Bonchev–Trinajstić information content (AvgIpc) is 2.34. The van der Waals surface area contributed by atoms with Crippen LogP contribution in [0.4, 0.5) is 0 Å². The fraction of sp³-hybridized carbons (Fsp3) is 0.375. The highest BCUT2D eigenvalue weighted by Crippen LogP contribution is 2.17. The van der Waals surface area contributed by atoms with Gasteiger partial charge in [-0.05, 0) is 25.3 Å². The molecule has 0 radical (unpaired) electrons. The first-order chi connectivity index (χ1) is 4.43. The number of nitriles is 1. The molecule has 1 aliphatic rings. The van der Waals surface area contributed by atoms with Gasteiger partial charge in [0.15, 0.2) is 0 Å². The fourth-order valence-electron chi connectivity index (χ4n) is 0.991. The van der Waals surface area contributed by atoms with Gasteiger partial charge in [0.05, 0.1) is 6.07 Å². The van der Waals surface area contributed by atoms with Gasteiger partial charge in [0.25, 0.3) is 0 Å². The summed E-state index contributed by atoms with van der Waals surface area (Å²) in [5, 5.41) is 8.16. The monoisotopic (exact) mass is 119 g/mol. The van der Waals surface area contributed by atoms with E-state index in [2.05, 4.69) is 6.08 Å². The van der Waals surface area contributed by atoms with Crippen LogP contribution in [0, 0.1) is 11.3 Å². The van der Waals surface area contributed by atoms with E-state index in [1.807, 2.05) is 12.1 Å². The lowest BCUT2D eigenvalue weighted by atomic mass is 10.2. The van der Waals surface area contributed by atoms with Gasteiger partial charge in [-0.1, -0.05) is 11.6 Å². The zero-order valence-corrected chi connectivity index (χ0v) is 5.30. The van der Waals surface area contributed by atoms with Crippen LogP contribution in [0.15, 0.2) is 23.8 Å². The molecule has 0 aliphatic heterocycles. The third-order valence-electron chi connectivity index (χ3n) is 1.45. The Morgan fingerprint density at radius 2 is 2.56 bits per heavy atom. The highest BCUT2D eigenvalue weighted by molar-refractivity contribution is 5.25. The first-order valence-corrected chi connectivity index (χ1v) is 3.18. The van der Waals surface area contributed by atoms with Crippen molar-refractivity contribution < 1.29 is 0 Å². The van der Waals surface area contributed by atoms with E-state index in [4.69, 9.17) is 5.26 Å². The standard InChI is InChI=1S/C8H9N/c9-7-3-6-8-4-1-2-5-8/h3-4,6H,1-2,5H2/b6-3+. The van der Waals surface area contributed by atoms with Crippen molar-refractivity contribution in [1.82, 2.24) is 0 Å². The van der Waals surface area contributed by atoms with Crippen molar-refractivity contribution in [3.63, 3.8) is 0 Å². The molecule has 0 saturated carbocycles. The summed E-state index contributed by atoms with van der Waals surface area (Å²) in [6.45, 7) is 0. The third kappa shape index (κ3) is 1.73. The molecule has 0 aromatic carbocycles. The smallest absolute Gasteiger partial charge is 0.0912 e. The van der Waals surface area contributed by atoms with Gasteiger partial charge in [-0.2, -0.15) is 5.26 Å². The Morgan fingerprint density at radius 3 is 3.11 bits per heavy atom. The van der Waals surface area contributed by atoms with Gasteiger partial charge in [0, 0.05) is 6.08 Å². The Morgan fingerprint density at radius 1 is 1.67 bits per heavy atom. The molecule has 0 bridgehead atoms. The van der Waals surface area contributed by atoms with E-state index in [9.17, 15) is 0 Å². The largest absolute Gasteiger partial charge is 0.193 e. The average molecular weight is 119 g/mol. The maximum atomic E-state index is 8.16. The normalized spacial score (nSPS) is 17.9. The molecule has 0 amide bonds. The maximum Gasteiger partial charge on any atom is 0.0912 e. The van der Waals surface area contributed by atoms with Gasteiger partial charge >= 0.3 is 0 Å². The van der Waals surface area contributed by atoms with Crippen molar-refractivity contribution >= 4 is 0 Å². The minimum absolute atomic E-state index is 1.15. The van der Waals surface area contributed by atoms with Gasteiger partial charge < -0.3 is 0 Å². The van der Waals surface area contributed by atoms with Gasteiger partial charge in [-0.3, -0.25) is 0 Å². The Kier molecular flexibility index (Phi) is 2.09. The first kappa shape index (κ1) is 6.10. The summed E-state index contributed by atoms with van der Waals surface area (Å²) in [5.74, 6) is 0. The lowest BCUT2D eigenvalue weighted by Crippen LogP contribution is -1.66. The van der Waals surface area contributed by atoms with Gasteiger partial charge in [0.2, 0.25) is 0 Å². The molecule has 1 aliphatic carbocycles. The zero-order valence-electron chi connectivity index (χ0n) is 5.30. The molecule has 46 valence electrons. The second kappa shape index (κ2) is 3.09. The van der Waals surface area contributed by atoms with Crippen LogP contribution in [-0.2, 0) is 0 Å². The van der Waals surface area contributed by atoms with Crippen LogP contribution in [0.5, 0.6) is 0 Å². The van der Waals surface area contributed by atoms with Crippen LogP contribution in [0.25, 0.3) is 0 Å². The minimum Gasteiger partial charge on any atom is -0.193 e. The highest BCUT2D eigenvalue weighted by Gasteiger charge is 1.98. The van der Waals surface area contributed by atoms with Crippen LogP contribution >= 0.6 is 0 Å². The second-order valence-electron chi connectivity index (χ2n) is 2.13. The van der Waals surface area contributed by atoms with Crippen LogP contribution in [-0.4, -0.2) is 0 Å². The van der Waals surface area contributed by atoms with E-state index in [1.54, 1.807) is 0 Å². The summed E-state index contributed by atoms with van der Waals surface area (Å²) in [5.41, 5.74) is 1.32. The SMILES string of the molecule is N#C/C=C/C1=CCCC1. The lowest BCUT2D eigenvalue weighted by molar-refractivity contribution is 0.916. The van der Waals surface area contributed by atoms with Crippen LogP contribution < -0.4 is 0 Å². The summed E-state index contributed by atoms with van der Waals surface area (Å²) in [6, 6.07) is 1.97. The molecular formula is C8H9N. The summed E-state index contributed by atoms with van der Waals surface area (Å²) in [7, 11) is 0. The van der Waals surface area contributed by atoms with E-state index in [0.717, 1.165) is 6.42 Å². The molecule has 0 saturated heterocycles. The number of rotatable bonds is 1. The quantitative estimate of drug-likeness (QED) is 0.485. The molecule has 0 aromatic rings. The second-order valence-corrected chi connectivity index (χ2v) is 2.13. The van der Waals surface area contributed by atoms with Crippen molar-refractivity contribution in [1.29, 1.82) is 5.26 Å². The highest BCUT2D eigenvalue weighted by atomic mass is 14.2. The van der Waals surface area contributed by atoms with E-state index in [1.165, 1.54) is 24.5 Å². The van der Waals surface area contributed by atoms with Crippen LogP contribution in [0.2, 0.25) is 0 Å². The molecule has 1 heteroatoms. The maximum absolute atomic E-state index is 8.16. The number of nitrogens with zero attached hydrogens (tertiary/aromatic N) is 1. The van der Waals surface area contributed by atoms with Gasteiger partial charge in [0.1, 0.15) is 0 Å². The van der Waals surface area contributed by atoms with E-state index < -0.39 is 0 Å². The molecule has 9 heavy (non-hydrogen) atoms. The third-order valence-corrected chi connectivity index (χ3v) is 1.45. The van der Waals surface area contributed by atoms with E-state index in [-0.39, 0.29) is 0 Å². The van der Waals surface area contributed by atoms with Gasteiger partial charge in [-0.25, -0.2) is 0 Å². The predicted octanol–water partition coefficient (Wildman–Crippen LogP) is 2.18. The summed E-state index contributed by atoms with van der Waals surface area (Å²) >= 11 is 0. The molecule has 0 atom stereocenters. The molecule has 1 rings (SSSR count). The fourth-order valence-corrected chi connectivity index (χ4v) is 0.991. The topological polar surface area (TPSA) is 23.8 Å². The molecule has 0 aromatic heterocycles. The molecule has 0 N–H and O–H groups in total. The molecule has 1 nitrogen and oxygen atoms in total. The molecular weight excluding hydrogens is 110 g/mol. The van der Waals surface area contributed by atoms with Gasteiger partial charge in [-0.15, -0.1) is 0 Å². The Labute approximate surface area is 55.3 Å². The van der Waals surface area contributed by atoms with Crippen molar-refractivity contribution in [2.75, 3.05) is 0 Å². The van der Waals surface area contributed by atoms with E-state index in [0.29, 0.717) is 0 Å². The number of allylic oxidation sites excluding steroid dienone is 4. The minimum atomic E-state index is 1.15. The Balaban J connectivity index is 2.46. The molecule has 0 heterocycles. The number of hydrogen-bond acceptors (Lipinski definition) is 1. The molecule has 0 fully saturated rings. The molecule has 0 unspecified atom stereocenters. The van der Waals surface area contributed by atoms with Crippen LogP contribution in [0.1, 0.15) is 19.3 Å². The summed E-state index contributed by atoms with van der Waals surface area (Å²) in [4.78, 5) is 0. The van der Waals surface area contributed by atoms with Crippen molar-refractivity contribution in [3.05, 3.63) is 23.8 Å². The van der Waals surface area contributed by atoms with Crippen LogP contribution in [0.3, 0.4) is 0 Å². The van der Waals surface area contributed by atoms with Crippen molar-refractivity contribution in [3.8, 4) is 6.07 Å². The van der Waals surface area contributed by atoms with Crippen molar-refractivity contribution in [2.24, 2.45) is 0 Å². The number of hydrogen-bond donors (Lipinski definition) is 0. The Bertz CT molecular complexity index is 181. The first-order valence-electron chi connectivity index (χ1n) is 3.18. The van der Waals surface area contributed by atoms with Crippen molar-refractivity contribution in [2.45, 2.75) is 19.3 Å². The predicted molar refractivity (Wildman–Crippen MR) is 36.7 cm³/mol.